The van der Waals surface area contributed by atoms with Crippen LogP contribution in [0.15, 0.2) is 34.9 Å². The van der Waals surface area contributed by atoms with Crippen molar-refractivity contribution in [2.24, 2.45) is 0 Å². The summed E-state index contributed by atoms with van der Waals surface area (Å²) in [5.41, 5.74) is 1.39. The number of aromatic nitrogens is 1. The number of hydrogen-bond donors (Lipinski definition) is 0. The first-order valence-electron chi connectivity index (χ1n) is 5.89. The summed E-state index contributed by atoms with van der Waals surface area (Å²) < 4.78 is 1.12. The molecule has 0 N–H and O–H groups in total. The molecule has 1 aromatic heterocycles. The third-order valence-electron chi connectivity index (χ3n) is 3.13. The predicted molar refractivity (Wildman–Crippen MR) is 94.0 cm³/mol. The monoisotopic (exact) mass is 465 g/mol. The van der Waals surface area contributed by atoms with Gasteiger partial charge in [0.25, 0.3) is 0 Å². The smallest absolute Gasteiger partial charge is 0.0896 e. The molecule has 0 saturated carbocycles. The van der Waals surface area contributed by atoms with Gasteiger partial charge in [0.2, 0.25) is 0 Å². The molecule has 1 heterocycles. The van der Waals surface area contributed by atoms with Crippen LogP contribution >= 0.6 is 59.1 Å². The maximum atomic E-state index is 4.36. The zero-order valence-electron chi connectivity index (χ0n) is 10.5. The second-order valence-electron chi connectivity index (χ2n) is 4.58. The molecule has 19 heavy (non-hydrogen) atoms. The van der Waals surface area contributed by atoms with Gasteiger partial charge in [-0.1, -0.05) is 59.9 Å². The van der Waals surface area contributed by atoms with E-state index >= 15 is 0 Å². The summed E-state index contributed by atoms with van der Waals surface area (Å²) >= 11 is 12.7. The van der Waals surface area contributed by atoms with E-state index in [1.165, 1.54) is 10.4 Å². The molecule has 0 aliphatic carbocycles. The summed E-state index contributed by atoms with van der Waals surface area (Å²) in [4.78, 5) is 5.69. The molecule has 0 aliphatic rings. The summed E-state index contributed by atoms with van der Waals surface area (Å²) in [6.45, 7) is 2.05. The Labute approximate surface area is 143 Å². The molecule has 0 fully saturated rings. The number of halogens is 3. The number of hydrogen-bond acceptors (Lipinski definition) is 2. The average molecular weight is 468 g/mol. The molecular weight excluding hydrogens is 454 g/mol. The van der Waals surface area contributed by atoms with E-state index < -0.39 is 0 Å². The van der Waals surface area contributed by atoms with E-state index in [2.05, 4.69) is 84.0 Å². The third-order valence-corrected chi connectivity index (χ3v) is 6.68. The lowest BCUT2D eigenvalue weighted by Crippen LogP contribution is -2.32. The minimum absolute atomic E-state index is 0.0583. The zero-order chi connectivity index (χ0) is 13.9. The first kappa shape index (κ1) is 15.7. The lowest BCUT2D eigenvalue weighted by molar-refractivity contribution is 0.555. The highest BCUT2D eigenvalue weighted by Gasteiger charge is 2.31. The third kappa shape index (κ3) is 3.69. The van der Waals surface area contributed by atoms with Gasteiger partial charge in [-0.3, -0.25) is 0 Å². The summed E-state index contributed by atoms with van der Waals surface area (Å²) in [5, 5.41) is 2.96. The molecule has 0 unspecified atom stereocenters. The van der Waals surface area contributed by atoms with Crippen LogP contribution in [0.3, 0.4) is 0 Å². The minimum Gasteiger partial charge on any atom is -0.250 e. The Morgan fingerprint density at radius 2 is 2.00 bits per heavy atom. The van der Waals surface area contributed by atoms with E-state index in [0.29, 0.717) is 0 Å². The molecule has 1 aromatic carbocycles. The van der Waals surface area contributed by atoms with Crippen LogP contribution in [0, 0.1) is 6.92 Å². The van der Waals surface area contributed by atoms with E-state index in [0.717, 1.165) is 26.6 Å². The van der Waals surface area contributed by atoms with Crippen LogP contribution in [0.2, 0.25) is 0 Å². The Bertz CT molecular complexity index is 549. The number of thiazole rings is 1. The number of nitrogens with zero attached hydrogens (tertiary/aromatic N) is 1. The van der Waals surface area contributed by atoms with Gasteiger partial charge < -0.3 is 0 Å². The van der Waals surface area contributed by atoms with Crippen LogP contribution in [-0.2, 0) is 11.8 Å². The van der Waals surface area contributed by atoms with Crippen molar-refractivity contribution < 1.29 is 0 Å². The molecule has 0 radical (unpaired) electrons. The van der Waals surface area contributed by atoms with Gasteiger partial charge in [-0.05, 0) is 31.0 Å². The number of aryl methyl sites for hydroxylation is 1. The van der Waals surface area contributed by atoms with Crippen molar-refractivity contribution in [1.82, 2.24) is 4.98 Å². The first-order chi connectivity index (χ1) is 9.09. The van der Waals surface area contributed by atoms with Crippen molar-refractivity contribution in [2.75, 3.05) is 10.7 Å². The minimum atomic E-state index is 0.0583. The molecule has 2 rings (SSSR count). The van der Waals surface area contributed by atoms with Crippen LogP contribution in [0.4, 0.5) is 0 Å². The van der Waals surface area contributed by atoms with E-state index in [-0.39, 0.29) is 5.41 Å². The Kier molecular flexibility index (Phi) is 5.64. The summed E-state index contributed by atoms with van der Waals surface area (Å²) in [5.74, 6) is 0. The molecule has 0 amide bonds. The number of benzene rings is 1. The molecule has 1 nitrogen and oxygen atoms in total. The van der Waals surface area contributed by atoms with Gasteiger partial charge in [0.05, 0.1) is 5.01 Å². The first-order valence-corrected chi connectivity index (χ1v) is 9.74. The van der Waals surface area contributed by atoms with Gasteiger partial charge in [-0.2, -0.15) is 0 Å². The highest BCUT2D eigenvalue weighted by molar-refractivity contribution is 9.10. The Balaban J connectivity index is 2.37. The second-order valence-corrected chi connectivity index (χ2v) is 7.94. The van der Waals surface area contributed by atoms with Gasteiger partial charge in [-0.25, -0.2) is 4.98 Å². The average Bonchev–Trinajstić information content (AvgIpc) is 2.81. The van der Waals surface area contributed by atoms with E-state index in [4.69, 9.17) is 0 Å². The quantitative estimate of drug-likeness (QED) is 0.530. The van der Waals surface area contributed by atoms with Gasteiger partial charge in [-0.15, -0.1) is 11.3 Å². The maximum Gasteiger partial charge on any atom is 0.0896 e. The molecule has 0 spiro atoms. The standard InChI is InChI=1S/C14H14Br3NS/c1-10-18-7-13(19-10)6-14(8-15,9-16)11-3-2-4-12(17)5-11/h2-5,7H,6,8-9H2,1H3. The molecular formula is C14H14Br3NS. The van der Waals surface area contributed by atoms with Crippen LogP contribution in [0.25, 0.3) is 0 Å². The predicted octanol–water partition coefficient (Wildman–Crippen LogP) is 5.48. The number of alkyl halides is 2. The Hall–Kier alpha value is 0.290. The molecule has 2 aromatic rings. The number of rotatable bonds is 5. The normalized spacial score (nSPS) is 11.8. The van der Waals surface area contributed by atoms with Gasteiger partial charge in [0, 0.05) is 31.6 Å². The van der Waals surface area contributed by atoms with Crippen LogP contribution < -0.4 is 0 Å². The Morgan fingerprint density at radius 3 is 2.53 bits per heavy atom. The zero-order valence-corrected chi connectivity index (χ0v) is 16.1. The summed E-state index contributed by atoms with van der Waals surface area (Å²) in [7, 11) is 0. The van der Waals surface area contributed by atoms with Crippen molar-refractivity contribution in [2.45, 2.75) is 18.8 Å². The van der Waals surface area contributed by atoms with Crippen LogP contribution in [-0.4, -0.2) is 15.6 Å². The highest BCUT2D eigenvalue weighted by atomic mass is 79.9. The van der Waals surface area contributed by atoms with Crippen LogP contribution in [0.1, 0.15) is 15.4 Å². The van der Waals surface area contributed by atoms with Crippen molar-refractivity contribution in [3.8, 4) is 0 Å². The fraction of sp³-hybridized carbons (Fsp3) is 0.357. The molecule has 102 valence electrons. The van der Waals surface area contributed by atoms with Crippen molar-refractivity contribution in [3.63, 3.8) is 0 Å². The van der Waals surface area contributed by atoms with E-state index in [1.807, 2.05) is 6.20 Å². The topological polar surface area (TPSA) is 12.9 Å². The fourth-order valence-corrected chi connectivity index (χ4v) is 5.34. The molecule has 5 heteroatoms. The van der Waals surface area contributed by atoms with Crippen molar-refractivity contribution >= 4 is 59.1 Å². The molecule has 0 atom stereocenters. The van der Waals surface area contributed by atoms with Gasteiger partial charge in [0.1, 0.15) is 0 Å². The fourth-order valence-electron chi connectivity index (χ4n) is 2.03. The highest BCUT2D eigenvalue weighted by Crippen LogP contribution is 2.35. The van der Waals surface area contributed by atoms with E-state index in [9.17, 15) is 0 Å². The van der Waals surface area contributed by atoms with Crippen molar-refractivity contribution in [1.29, 1.82) is 0 Å². The maximum absolute atomic E-state index is 4.36. The lowest BCUT2D eigenvalue weighted by atomic mass is 9.81. The summed E-state index contributed by atoms with van der Waals surface area (Å²) in [6, 6.07) is 8.56. The second kappa shape index (κ2) is 6.83. The van der Waals surface area contributed by atoms with Crippen LogP contribution in [0.5, 0.6) is 0 Å². The molecule has 0 aliphatic heterocycles. The summed E-state index contributed by atoms with van der Waals surface area (Å²) in [6.07, 6.45) is 2.99. The van der Waals surface area contributed by atoms with Gasteiger partial charge in [0.15, 0.2) is 0 Å². The van der Waals surface area contributed by atoms with Gasteiger partial charge >= 0.3 is 0 Å². The SMILES string of the molecule is Cc1ncc(CC(CBr)(CBr)c2cccc(Br)c2)s1. The Morgan fingerprint density at radius 1 is 1.26 bits per heavy atom. The van der Waals surface area contributed by atoms with Crippen molar-refractivity contribution in [3.05, 3.63) is 50.4 Å². The largest absolute Gasteiger partial charge is 0.250 e. The molecule has 0 bridgehead atoms. The lowest BCUT2D eigenvalue weighted by Gasteiger charge is -2.30. The van der Waals surface area contributed by atoms with E-state index in [1.54, 1.807) is 11.3 Å². The molecule has 0 saturated heterocycles.